The first-order valence-corrected chi connectivity index (χ1v) is 12.0. The summed E-state index contributed by atoms with van der Waals surface area (Å²) in [5.74, 6) is -0.879. The first-order chi connectivity index (χ1) is 17.2. The van der Waals surface area contributed by atoms with Crippen LogP contribution >= 0.6 is 0 Å². The predicted molar refractivity (Wildman–Crippen MR) is 131 cm³/mol. The van der Waals surface area contributed by atoms with Crippen LogP contribution in [0, 0.1) is 0 Å². The lowest BCUT2D eigenvalue weighted by Crippen LogP contribution is -2.48. The van der Waals surface area contributed by atoms with Gasteiger partial charge in [-0.1, -0.05) is 0 Å². The number of amides is 3. The van der Waals surface area contributed by atoms with Gasteiger partial charge in [-0.3, -0.25) is 14.5 Å². The molecule has 0 aromatic carbocycles. The Morgan fingerprint density at radius 1 is 0.611 bits per heavy atom. The molecule has 0 atom stereocenters. The Labute approximate surface area is 214 Å². The van der Waals surface area contributed by atoms with Crippen LogP contribution in [0.2, 0.25) is 0 Å². The molecule has 0 fully saturated rings. The van der Waals surface area contributed by atoms with E-state index in [4.69, 9.17) is 33.2 Å². The van der Waals surface area contributed by atoms with Crippen LogP contribution in [0.25, 0.3) is 0 Å². The van der Waals surface area contributed by atoms with E-state index < -0.39 is 23.5 Å². The summed E-state index contributed by atoms with van der Waals surface area (Å²) < 4.78 is 36.4. The number of carbonyl (C=O) groups excluding carboxylic acids is 3. The van der Waals surface area contributed by atoms with Crippen molar-refractivity contribution in [2.75, 3.05) is 106 Å². The van der Waals surface area contributed by atoms with Crippen LogP contribution in [0.15, 0.2) is 0 Å². The zero-order valence-corrected chi connectivity index (χ0v) is 22.4. The number of hydrogen-bond acceptors (Lipinski definition) is 10. The van der Waals surface area contributed by atoms with Gasteiger partial charge < -0.3 is 43.8 Å². The van der Waals surface area contributed by atoms with Gasteiger partial charge in [0.1, 0.15) is 18.7 Å². The van der Waals surface area contributed by atoms with Gasteiger partial charge in [-0.2, -0.15) is 0 Å². The maximum absolute atomic E-state index is 12.5. The van der Waals surface area contributed by atoms with Crippen LogP contribution in [0.1, 0.15) is 20.8 Å². The van der Waals surface area contributed by atoms with E-state index in [9.17, 15) is 14.4 Å². The molecule has 0 aromatic heterocycles. The van der Waals surface area contributed by atoms with Crippen molar-refractivity contribution in [1.29, 1.82) is 0 Å². The quantitative estimate of drug-likeness (QED) is 0.183. The number of carbonyl (C=O) groups is 3. The summed E-state index contributed by atoms with van der Waals surface area (Å²) in [4.78, 5) is 38.2. The van der Waals surface area contributed by atoms with Gasteiger partial charge in [-0.15, -0.1) is 0 Å². The number of methoxy groups -OCH3 is 2. The Kier molecular flexibility index (Phi) is 20.9. The number of nitrogens with zero attached hydrogens (tertiary/aromatic N) is 1. The smallest absolute Gasteiger partial charge is 0.411 e. The summed E-state index contributed by atoms with van der Waals surface area (Å²) in [7, 11) is 3.19. The molecule has 0 saturated carbocycles. The second kappa shape index (κ2) is 22.2. The van der Waals surface area contributed by atoms with Crippen molar-refractivity contribution in [2.24, 2.45) is 0 Å². The van der Waals surface area contributed by atoms with Crippen molar-refractivity contribution in [1.82, 2.24) is 15.5 Å². The summed E-state index contributed by atoms with van der Waals surface area (Å²) in [6, 6.07) is 0. The molecule has 0 spiro atoms. The van der Waals surface area contributed by atoms with Crippen LogP contribution in [-0.4, -0.2) is 135 Å². The van der Waals surface area contributed by atoms with Gasteiger partial charge in [-0.05, 0) is 20.8 Å². The summed E-state index contributed by atoms with van der Waals surface area (Å²) in [5.41, 5.74) is -0.777. The molecular formula is C23H45N3O10. The Morgan fingerprint density at radius 2 is 0.972 bits per heavy atom. The molecule has 0 aliphatic carbocycles. The highest BCUT2D eigenvalue weighted by Gasteiger charge is 2.25. The standard InChI is InChI=1S/C23H45N3O10/c1-23(2,3)36-22(29)26(18-20(27)24-6-8-32-14-16-34-12-10-30-4)19-21(28)25-7-9-33-15-17-35-13-11-31-5/h6-19H2,1-5H3,(H,24,27)(H,25,28). The maximum Gasteiger partial charge on any atom is 0.411 e. The highest BCUT2D eigenvalue weighted by molar-refractivity contribution is 5.86. The molecule has 13 heteroatoms. The van der Waals surface area contributed by atoms with E-state index in [1.54, 1.807) is 35.0 Å². The second-order valence-corrected chi connectivity index (χ2v) is 8.47. The minimum absolute atomic E-state index is 0.248. The average Bonchev–Trinajstić information content (AvgIpc) is 2.80. The molecule has 13 nitrogen and oxygen atoms in total. The Morgan fingerprint density at radius 3 is 1.33 bits per heavy atom. The fourth-order valence-electron chi connectivity index (χ4n) is 2.42. The van der Waals surface area contributed by atoms with Crippen LogP contribution < -0.4 is 10.6 Å². The zero-order valence-electron chi connectivity index (χ0n) is 22.4. The first kappa shape index (κ1) is 34.0. The van der Waals surface area contributed by atoms with Gasteiger partial charge in [0, 0.05) is 27.3 Å². The lowest BCUT2D eigenvalue weighted by molar-refractivity contribution is -0.125. The first-order valence-electron chi connectivity index (χ1n) is 12.0. The highest BCUT2D eigenvalue weighted by atomic mass is 16.6. The lowest BCUT2D eigenvalue weighted by atomic mass is 10.2. The van der Waals surface area contributed by atoms with Gasteiger partial charge in [0.2, 0.25) is 11.8 Å². The van der Waals surface area contributed by atoms with Gasteiger partial charge in [-0.25, -0.2) is 4.79 Å². The van der Waals surface area contributed by atoms with E-state index in [-0.39, 0.29) is 39.4 Å². The molecular weight excluding hydrogens is 478 g/mol. The van der Waals surface area contributed by atoms with Crippen LogP contribution in [0.4, 0.5) is 4.79 Å². The van der Waals surface area contributed by atoms with Gasteiger partial charge in [0.15, 0.2) is 0 Å². The van der Waals surface area contributed by atoms with Crippen LogP contribution in [0.5, 0.6) is 0 Å². The molecule has 0 radical (unpaired) electrons. The summed E-state index contributed by atoms with van der Waals surface area (Å²) in [6.07, 6.45) is -0.762. The third-order valence-corrected chi connectivity index (χ3v) is 4.07. The van der Waals surface area contributed by atoms with E-state index in [0.29, 0.717) is 52.9 Å². The largest absolute Gasteiger partial charge is 0.444 e. The van der Waals surface area contributed by atoms with E-state index >= 15 is 0 Å². The third-order valence-electron chi connectivity index (χ3n) is 4.07. The SMILES string of the molecule is COCCOCCOCCNC(=O)CN(CC(=O)NCCOCCOCCOC)C(=O)OC(C)(C)C. The molecule has 36 heavy (non-hydrogen) atoms. The molecule has 2 N–H and O–H groups in total. The van der Waals surface area contributed by atoms with Crippen LogP contribution in [0.3, 0.4) is 0 Å². The zero-order chi connectivity index (χ0) is 27.1. The molecule has 0 aromatic rings. The minimum Gasteiger partial charge on any atom is -0.444 e. The second-order valence-electron chi connectivity index (χ2n) is 8.47. The molecule has 0 unspecified atom stereocenters. The van der Waals surface area contributed by atoms with Gasteiger partial charge in [0.05, 0.1) is 66.1 Å². The van der Waals surface area contributed by atoms with Crippen molar-refractivity contribution in [3.05, 3.63) is 0 Å². The molecule has 0 heterocycles. The predicted octanol–water partition coefficient (Wildman–Crippen LogP) is -0.185. The lowest BCUT2D eigenvalue weighted by Gasteiger charge is -2.26. The number of rotatable bonds is 22. The van der Waals surface area contributed by atoms with Gasteiger partial charge >= 0.3 is 6.09 Å². The van der Waals surface area contributed by atoms with E-state index in [1.165, 1.54) is 0 Å². The number of hydrogen-bond donors (Lipinski definition) is 2. The number of nitrogens with one attached hydrogen (secondary N) is 2. The maximum atomic E-state index is 12.5. The molecule has 0 rings (SSSR count). The summed E-state index contributed by atoms with van der Waals surface area (Å²) in [6.45, 7) is 9.12. The molecule has 212 valence electrons. The summed E-state index contributed by atoms with van der Waals surface area (Å²) in [5, 5.41) is 5.31. The summed E-state index contributed by atoms with van der Waals surface area (Å²) >= 11 is 0. The Hall–Kier alpha value is -2.03. The third kappa shape index (κ3) is 22.4. The average molecular weight is 524 g/mol. The molecule has 0 saturated heterocycles. The Balaban J connectivity index is 4.30. The fourth-order valence-corrected chi connectivity index (χ4v) is 2.42. The van der Waals surface area contributed by atoms with E-state index in [0.717, 1.165) is 4.90 Å². The van der Waals surface area contributed by atoms with Crippen molar-refractivity contribution >= 4 is 17.9 Å². The van der Waals surface area contributed by atoms with E-state index in [1.807, 2.05) is 0 Å². The highest BCUT2D eigenvalue weighted by Crippen LogP contribution is 2.09. The normalized spacial score (nSPS) is 11.2. The topological polar surface area (TPSA) is 143 Å². The van der Waals surface area contributed by atoms with Crippen molar-refractivity contribution in [2.45, 2.75) is 26.4 Å². The monoisotopic (exact) mass is 523 g/mol. The molecule has 3 amide bonds. The van der Waals surface area contributed by atoms with Crippen molar-refractivity contribution in [3.63, 3.8) is 0 Å². The molecule has 0 aliphatic heterocycles. The molecule has 0 bridgehead atoms. The minimum atomic E-state index is -0.777. The molecule has 0 aliphatic rings. The number of ether oxygens (including phenoxy) is 7. The van der Waals surface area contributed by atoms with Crippen molar-refractivity contribution in [3.8, 4) is 0 Å². The van der Waals surface area contributed by atoms with Crippen LogP contribution in [-0.2, 0) is 42.7 Å². The van der Waals surface area contributed by atoms with E-state index in [2.05, 4.69) is 10.6 Å². The van der Waals surface area contributed by atoms with Crippen molar-refractivity contribution < 1.29 is 47.5 Å². The fraction of sp³-hybridized carbons (Fsp3) is 0.870. The van der Waals surface area contributed by atoms with Gasteiger partial charge in [0.25, 0.3) is 0 Å². The Bertz CT molecular complexity index is 551.